The maximum absolute atomic E-state index is 12.3. The fraction of sp³-hybridized carbons (Fsp3) is 0.778. The van der Waals surface area contributed by atoms with Crippen molar-refractivity contribution < 1.29 is 38.1 Å². The number of carbonyl (C=O) groups excluding carboxylic acids is 4. The number of hydrogen-bond acceptors (Lipinski definition) is 8. The van der Waals surface area contributed by atoms with Gasteiger partial charge in [-0.15, -0.1) is 0 Å². The fourth-order valence-electron chi connectivity index (χ4n) is 2.58. The molecule has 0 saturated heterocycles. The van der Waals surface area contributed by atoms with Crippen LogP contribution < -0.4 is 10.6 Å². The molecule has 10 heteroatoms. The third-order valence-corrected chi connectivity index (χ3v) is 5.21. The average molecular weight is 529 g/mol. The van der Waals surface area contributed by atoms with E-state index in [1.54, 1.807) is 27.7 Å². The number of rotatable bonds is 19. The Hall–Kier alpha value is -2.62. The van der Waals surface area contributed by atoms with Crippen LogP contribution in [0.2, 0.25) is 0 Å². The van der Waals surface area contributed by atoms with E-state index in [0.29, 0.717) is 18.2 Å². The molecule has 0 aliphatic carbocycles. The van der Waals surface area contributed by atoms with Crippen molar-refractivity contribution in [2.75, 3.05) is 46.1 Å². The number of allylic oxidation sites excluding steroid dienone is 1. The Labute approximate surface area is 222 Å². The third-order valence-electron chi connectivity index (χ3n) is 5.21. The summed E-state index contributed by atoms with van der Waals surface area (Å²) in [5, 5.41) is 5.43. The third kappa shape index (κ3) is 16.0. The normalized spacial score (nSPS) is 11.6. The molecule has 37 heavy (non-hydrogen) atoms. The lowest BCUT2D eigenvalue weighted by Gasteiger charge is -2.33. The summed E-state index contributed by atoms with van der Waals surface area (Å²) in [5.41, 5.74) is -1.07. The maximum Gasteiger partial charge on any atom is 0.308 e. The van der Waals surface area contributed by atoms with Gasteiger partial charge < -0.3 is 29.6 Å². The predicted molar refractivity (Wildman–Crippen MR) is 140 cm³/mol. The molecule has 0 heterocycles. The van der Waals surface area contributed by atoms with E-state index in [1.807, 2.05) is 27.7 Å². The highest BCUT2D eigenvalue weighted by Gasteiger charge is 2.37. The molecule has 0 aliphatic heterocycles. The molecule has 0 aromatic heterocycles. The summed E-state index contributed by atoms with van der Waals surface area (Å²) in [5.74, 6) is -1.20. The standard InChI is InChI=1S/C27H48N2O8/c1-18(2)12-29-23(30)10-11-28-24(31)13-34-14-27(15-35-22(9)19(3)4,16-36-25(32)20(5)6)17-37-26(33)21(7)8/h18-21H,9-17H2,1-8H3,(H,28,31)(H,29,30). The van der Waals surface area contributed by atoms with E-state index in [9.17, 15) is 19.2 Å². The van der Waals surface area contributed by atoms with Crippen molar-refractivity contribution in [3.63, 3.8) is 0 Å². The van der Waals surface area contributed by atoms with E-state index in [-0.39, 0.29) is 69.7 Å². The molecule has 0 fully saturated rings. The Morgan fingerprint density at radius 3 is 1.68 bits per heavy atom. The molecular weight excluding hydrogens is 480 g/mol. The number of esters is 2. The van der Waals surface area contributed by atoms with E-state index in [0.717, 1.165) is 0 Å². The van der Waals surface area contributed by atoms with Crippen LogP contribution in [0.4, 0.5) is 0 Å². The lowest BCUT2D eigenvalue weighted by molar-refractivity contribution is -0.166. The molecule has 2 N–H and O–H groups in total. The quantitative estimate of drug-likeness (QED) is 0.193. The molecule has 0 aliphatic rings. The van der Waals surface area contributed by atoms with Crippen LogP contribution in [0, 0.1) is 29.1 Å². The summed E-state index contributed by atoms with van der Waals surface area (Å²) >= 11 is 0. The molecular formula is C27H48N2O8. The van der Waals surface area contributed by atoms with Gasteiger partial charge in [0.1, 0.15) is 26.4 Å². The number of hydrogen-bond donors (Lipinski definition) is 2. The van der Waals surface area contributed by atoms with E-state index in [4.69, 9.17) is 18.9 Å². The van der Waals surface area contributed by atoms with Crippen molar-refractivity contribution >= 4 is 23.8 Å². The zero-order valence-electron chi connectivity index (χ0n) is 23.9. The molecule has 0 spiro atoms. The van der Waals surface area contributed by atoms with Crippen LogP contribution in [0.25, 0.3) is 0 Å². The Morgan fingerprint density at radius 2 is 1.22 bits per heavy atom. The Kier molecular flexibility index (Phi) is 16.5. The van der Waals surface area contributed by atoms with Crippen molar-refractivity contribution in [1.29, 1.82) is 0 Å². The molecule has 0 bridgehead atoms. The van der Waals surface area contributed by atoms with Gasteiger partial charge in [-0.2, -0.15) is 0 Å². The zero-order chi connectivity index (χ0) is 28.6. The monoisotopic (exact) mass is 528 g/mol. The molecule has 0 unspecified atom stereocenters. The van der Waals surface area contributed by atoms with Gasteiger partial charge in [0.25, 0.3) is 0 Å². The van der Waals surface area contributed by atoms with E-state index in [1.165, 1.54) is 0 Å². The maximum atomic E-state index is 12.3. The van der Waals surface area contributed by atoms with Gasteiger partial charge in [0.2, 0.25) is 11.8 Å². The minimum atomic E-state index is -1.07. The summed E-state index contributed by atoms with van der Waals surface area (Å²) in [6.07, 6.45) is 0.157. The summed E-state index contributed by atoms with van der Waals surface area (Å²) < 4.78 is 22.5. The first-order valence-electron chi connectivity index (χ1n) is 12.9. The highest BCUT2D eigenvalue weighted by molar-refractivity contribution is 5.79. The minimum Gasteiger partial charge on any atom is -0.497 e. The second kappa shape index (κ2) is 17.8. The van der Waals surface area contributed by atoms with Crippen LogP contribution in [-0.4, -0.2) is 69.9 Å². The summed E-state index contributed by atoms with van der Waals surface area (Å²) in [7, 11) is 0. The van der Waals surface area contributed by atoms with Crippen LogP contribution >= 0.6 is 0 Å². The first-order valence-corrected chi connectivity index (χ1v) is 12.9. The first kappa shape index (κ1) is 34.4. The van der Waals surface area contributed by atoms with Crippen LogP contribution in [0.1, 0.15) is 61.8 Å². The molecule has 0 atom stereocenters. The van der Waals surface area contributed by atoms with Gasteiger partial charge in [-0.05, 0) is 5.92 Å². The molecule has 0 aromatic carbocycles. The molecule has 0 radical (unpaired) electrons. The van der Waals surface area contributed by atoms with Crippen molar-refractivity contribution in [2.45, 2.75) is 61.8 Å². The fourth-order valence-corrected chi connectivity index (χ4v) is 2.58. The van der Waals surface area contributed by atoms with Gasteiger partial charge in [-0.3, -0.25) is 19.2 Å². The molecule has 214 valence electrons. The van der Waals surface area contributed by atoms with E-state index in [2.05, 4.69) is 17.2 Å². The van der Waals surface area contributed by atoms with Gasteiger partial charge in [0.15, 0.2) is 0 Å². The second-order valence-electron chi connectivity index (χ2n) is 10.7. The molecule has 2 amide bonds. The molecule has 0 saturated carbocycles. The van der Waals surface area contributed by atoms with Gasteiger partial charge >= 0.3 is 11.9 Å². The molecule has 0 aromatic rings. The number of amides is 2. The molecule has 0 rings (SSSR count). The largest absolute Gasteiger partial charge is 0.497 e. The van der Waals surface area contributed by atoms with Crippen molar-refractivity contribution in [1.82, 2.24) is 10.6 Å². The Bertz CT molecular complexity index is 687. The van der Waals surface area contributed by atoms with Crippen molar-refractivity contribution in [3.8, 4) is 0 Å². The summed E-state index contributed by atoms with van der Waals surface area (Å²) in [6.45, 7) is 18.7. The number of carbonyl (C=O) groups is 4. The number of ether oxygens (including phenoxy) is 4. The SMILES string of the molecule is C=C(OCC(COCC(=O)NCCC(=O)NCC(C)C)(COC(=O)C(C)C)COC(=O)C(C)C)C(C)C. The topological polar surface area (TPSA) is 129 Å². The van der Waals surface area contributed by atoms with Gasteiger partial charge in [-0.1, -0.05) is 62.0 Å². The van der Waals surface area contributed by atoms with Crippen LogP contribution in [0.5, 0.6) is 0 Å². The highest BCUT2D eigenvalue weighted by atomic mass is 16.6. The number of nitrogens with one attached hydrogen (secondary N) is 2. The van der Waals surface area contributed by atoms with Crippen LogP contribution in [0.15, 0.2) is 12.3 Å². The average Bonchev–Trinajstić information content (AvgIpc) is 2.82. The smallest absolute Gasteiger partial charge is 0.308 e. The van der Waals surface area contributed by atoms with Crippen molar-refractivity contribution in [3.05, 3.63) is 12.3 Å². The zero-order valence-corrected chi connectivity index (χ0v) is 23.9. The lowest BCUT2D eigenvalue weighted by atomic mass is 9.91. The Morgan fingerprint density at radius 1 is 0.703 bits per heavy atom. The highest BCUT2D eigenvalue weighted by Crippen LogP contribution is 2.24. The second-order valence-corrected chi connectivity index (χ2v) is 10.7. The van der Waals surface area contributed by atoms with Gasteiger partial charge in [-0.25, -0.2) is 0 Å². The van der Waals surface area contributed by atoms with E-state index < -0.39 is 23.3 Å². The van der Waals surface area contributed by atoms with Crippen LogP contribution in [-0.2, 0) is 38.1 Å². The van der Waals surface area contributed by atoms with Gasteiger partial charge in [0.05, 0.1) is 29.6 Å². The minimum absolute atomic E-state index is 0.00158. The lowest BCUT2D eigenvalue weighted by Crippen LogP contribution is -2.44. The van der Waals surface area contributed by atoms with Crippen molar-refractivity contribution in [2.24, 2.45) is 29.1 Å². The Balaban J connectivity index is 5.24. The van der Waals surface area contributed by atoms with Crippen LogP contribution in [0.3, 0.4) is 0 Å². The van der Waals surface area contributed by atoms with Gasteiger partial charge in [0, 0.05) is 25.4 Å². The van der Waals surface area contributed by atoms with E-state index >= 15 is 0 Å². The summed E-state index contributed by atoms with van der Waals surface area (Å²) in [4.78, 5) is 48.5. The predicted octanol–water partition coefficient (Wildman–Crippen LogP) is 2.85. The summed E-state index contributed by atoms with van der Waals surface area (Å²) in [6, 6.07) is 0. The first-order chi connectivity index (χ1) is 17.2. The molecule has 10 nitrogen and oxygen atoms in total.